The van der Waals surface area contributed by atoms with E-state index in [-0.39, 0.29) is 35.9 Å². The zero-order valence-electron chi connectivity index (χ0n) is 13.2. The van der Waals surface area contributed by atoms with Gasteiger partial charge in [0.2, 0.25) is 5.91 Å². The number of aliphatic hydroxyl groups excluding tert-OH is 1. The fourth-order valence-corrected chi connectivity index (χ4v) is 3.09. The molecule has 1 heterocycles. The molecule has 1 unspecified atom stereocenters. The van der Waals surface area contributed by atoms with Crippen LogP contribution >= 0.6 is 11.8 Å². The highest BCUT2D eigenvalue weighted by atomic mass is 32.2. The van der Waals surface area contributed by atoms with E-state index < -0.39 is 6.10 Å². The maximum atomic E-state index is 12.9. The van der Waals surface area contributed by atoms with E-state index in [1.807, 2.05) is 0 Å². The van der Waals surface area contributed by atoms with E-state index in [1.165, 1.54) is 29.2 Å². The molecule has 1 fully saturated rings. The van der Waals surface area contributed by atoms with E-state index in [1.54, 1.807) is 24.3 Å². The molecule has 0 radical (unpaired) electrons. The molecule has 0 aliphatic carbocycles. The van der Waals surface area contributed by atoms with Crippen LogP contribution < -0.4 is 4.74 Å². The van der Waals surface area contributed by atoms with E-state index in [0.717, 1.165) is 17.3 Å². The molecule has 1 atom stereocenters. The minimum atomic E-state index is -0.864. The van der Waals surface area contributed by atoms with Gasteiger partial charge in [0.1, 0.15) is 24.3 Å². The highest BCUT2D eigenvalue weighted by Gasteiger charge is 2.29. The summed E-state index contributed by atoms with van der Waals surface area (Å²) in [6.45, 7) is 0.272. The Morgan fingerprint density at radius 1 is 1.12 bits per heavy atom. The Morgan fingerprint density at radius 2 is 1.80 bits per heavy atom. The van der Waals surface area contributed by atoms with Crippen LogP contribution in [0.5, 0.6) is 5.75 Å². The van der Waals surface area contributed by atoms with Gasteiger partial charge in [-0.05, 0) is 35.4 Å². The lowest BCUT2D eigenvalue weighted by atomic mass is 10.1. The summed E-state index contributed by atoms with van der Waals surface area (Å²) in [6, 6.07) is 12.5. The van der Waals surface area contributed by atoms with Gasteiger partial charge in [-0.2, -0.15) is 0 Å². The van der Waals surface area contributed by atoms with E-state index >= 15 is 0 Å². The van der Waals surface area contributed by atoms with E-state index in [9.17, 15) is 19.1 Å². The number of thioether (sulfide) groups is 1. The van der Waals surface area contributed by atoms with Crippen LogP contribution in [0.2, 0.25) is 0 Å². The molecule has 0 spiro atoms. The Morgan fingerprint density at radius 3 is 2.40 bits per heavy atom. The smallest absolute Gasteiger partial charge is 0.289 e. The molecule has 1 saturated heterocycles. The average Bonchev–Trinajstić information content (AvgIpc) is 2.93. The number of rotatable bonds is 6. The SMILES string of the molecule is O=C1CSC(=O)N1Cc1ccc(OCC(O)c2ccc(F)cc2)cc1. The molecule has 1 aliphatic rings. The highest BCUT2D eigenvalue weighted by Crippen LogP contribution is 2.23. The number of benzene rings is 2. The normalized spacial score (nSPS) is 15.5. The minimum Gasteiger partial charge on any atom is -0.491 e. The van der Waals surface area contributed by atoms with E-state index in [4.69, 9.17) is 4.74 Å². The summed E-state index contributed by atoms with van der Waals surface area (Å²) < 4.78 is 18.4. The van der Waals surface area contributed by atoms with Crippen molar-refractivity contribution in [3.8, 4) is 5.75 Å². The number of hydrogen-bond acceptors (Lipinski definition) is 5. The first kappa shape index (κ1) is 17.4. The van der Waals surface area contributed by atoms with Gasteiger partial charge in [0, 0.05) is 0 Å². The first-order valence-corrected chi connectivity index (χ1v) is 8.64. The lowest BCUT2D eigenvalue weighted by Crippen LogP contribution is -2.27. The van der Waals surface area contributed by atoms with Crippen molar-refractivity contribution < 1.29 is 23.8 Å². The summed E-state index contributed by atoms with van der Waals surface area (Å²) in [5.41, 5.74) is 1.39. The Hall–Kier alpha value is -2.38. The van der Waals surface area contributed by atoms with Crippen molar-refractivity contribution in [3.63, 3.8) is 0 Å². The van der Waals surface area contributed by atoms with Gasteiger partial charge in [-0.15, -0.1) is 0 Å². The molecule has 0 aromatic heterocycles. The number of nitrogens with zero attached hydrogens (tertiary/aromatic N) is 1. The third kappa shape index (κ3) is 4.37. The zero-order chi connectivity index (χ0) is 17.8. The molecule has 130 valence electrons. The van der Waals surface area contributed by atoms with Crippen molar-refractivity contribution in [1.82, 2.24) is 4.90 Å². The fourth-order valence-electron chi connectivity index (χ4n) is 2.36. The van der Waals surface area contributed by atoms with Crippen LogP contribution in [0.4, 0.5) is 9.18 Å². The standard InChI is InChI=1S/C18H16FNO4S/c19-14-5-3-13(4-6-14)16(21)10-24-15-7-1-12(2-8-15)9-20-17(22)11-25-18(20)23/h1-8,16,21H,9-11H2. The molecule has 5 nitrogen and oxygen atoms in total. The van der Waals surface area contributed by atoms with Gasteiger partial charge in [0.25, 0.3) is 5.24 Å². The molecule has 0 bridgehead atoms. The second kappa shape index (κ2) is 7.67. The van der Waals surface area contributed by atoms with Crippen molar-refractivity contribution in [1.29, 1.82) is 0 Å². The van der Waals surface area contributed by atoms with Crippen molar-refractivity contribution >= 4 is 22.9 Å². The predicted octanol–water partition coefficient (Wildman–Crippen LogP) is 3.13. The van der Waals surface area contributed by atoms with Crippen LogP contribution in [0.25, 0.3) is 0 Å². The summed E-state index contributed by atoms with van der Waals surface area (Å²) >= 11 is 1.01. The van der Waals surface area contributed by atoms with Gasteiger partial charge >= 0.3 is 0 Å². The number of halogens is 1. The first-order valence-electron chi connectivity index (χ1n) is 7.65. The Bertz CT molecular complexity index is 748. The summed E-state index contributed by atoms with van der Waals surface area (Å²) in [6.07, 6.45) is -0.864. The van der Waals surface area contributed by atoms with Gasteiger partial charge in [0.05, 0.1) is 12.3 Å². The van der Waals surface area contributed by atoms with Gasteiger partial charge in [-0.25, -0.2) is 4.39 Å². The number of carbonyl (C=O) groups excluding carboxylic acids is 2. The number of amides is 2. The van der Waals surface area contributed by atoms with Crippen LogP contribution in [0, 0.1) is 5.82 Å². The van der Waals surface area contributed by atoms with Gasteiger partial charge in [-0.1, -0.05) is 36.0 Å². The van der Waals surface area contributed by atoms with Gasteiger partial charge in [0.15, 0.2) is 0 Å². The average molecular weight is 361 g/mol. The third-order valence-corrected chi connectivity index (χ3v) is 4.63. The summed E-state index contributed by atoms with van der Waals surface area (Å²) in [5.74, 6) is 0.207. The summed E-state index contributed by atoms with van der Waals surface area (Å²) in [4.78, 5) is 24.4. The van der Waals surface area contributed by atoms with Crippen molar-refractivity contribution in [2.24, 2.45) is 0 Å². The topological polar surface area (TPSA) is 66.8 Å². The molecule has 1 aliphatic heterocycles. The maximum Gasteiger partial charge on any atom is 0.289 e. The zero-order valence-corrected chi connectivity index (χ0v) is 14.0. The van der Waals surface area contributed by atoms with Gasteiger partial charge < -0.3 is 9.84 Å². The molecule has 3 rings (SSSR count). The van der Waals surface area contributed by atoms with Crippen LogP contribution in [-0.4, -0.2) is 33.5 Å². The van der Waals surface area contributed by atoms with Crippen LogP contribution in [0.15, 0.2) is 48.5 Å². The number of hydrogen-bond donors (Lipinski definition) is 1. The molecule has 0 saturated carbocycles. The third-order valence-electron chi connectivity index (χ3n) is 3.77. The minimum absolute atomic E-state index is 0.0325. The highest BCUT2D eigenvalue weighted by molar-refractivity contribution is 8.14. The maximum absolute atomic E-state index is 12.9. The van der Waals surface area contributed by atoms with Crippen LogP contribution in [-0.2, 0) is 11.3 Å². The van der Waals surface area contributed by atoms with Gasteiger partial charge in [-0.3, -0.25) is 14.5 Å². The molecule has 2 aromatic rings. The molecular weight excluding hydrogens is 345 g/mol. The fraction of sp³-hybridized carbons (Fsp3) is 0.222. The molecule has 1 N–H and O–H groups in total. The monoisotopic (exact) mass is 361 g/mol. The predicted molar refractivity (Wildman–Crippen MR) is 91.7 cm³/mol. The largest absolute Gasteiger partial charge is 0.491 e. The molecule has 25 heavy (non-hydrogen) atoms. The van der Waals surface area contributed by atoms with Crippen molar-refractivity contribution in [3.05, 3.63) is 65.5 Å². The second-order valence-electron chi connectivity index (χ2n) is 5.56. The van der Waals surface area contributed by atoms with E-state index in [2.05, 4.69) is 0 Å². The first-order chi connectivity index (χ1) is 12.0. The summed E-state index contributed by atoms with van der Waals surface area (Å²) in [7, 11) is 0. The van der Waals surface area contributed by atoms with E-state index in [0.29, 0.717) is 11.3 Å². The Balaban J connectivity index is 1.54. The van der Waals surface area contributed by atoms with Crippen molar-refractivity contribution in [2.75, 3.05) is 12.4 Å². The quantitative estimate of drug-likeness (QED) is 0.856. The molecular formula is C18H16FNO4S. The summed E-state index contributed by atoms with van der Waals surface area (Å²) in [5, 5.41) is 9.82. The number of imide groups is 1. The lowest BCUT2D eigenvalue weighted by molar-refractivity contribution is -0.125. The number of ether oxygens (including phenoxy) is 1. The molecule has 7 heteroatoms. The number of aliphatic hydroxyl groups is 1. The second-order valence-corrected chi connectivity index (χ2v) is 6.48. The molecule has 2 amide bonds. The Kier molecular flexibility index (Phi) is 5.35. The van der Waals surface area contributed by atoms with Crippen LogP contribution in [0.3, 0.4) is 0 Å². The molecule has 2 aromatic carbocycles. The van der Waals surface area contributed by atoms with Crippen molar-refractivity contribution in [2.45, 2.75) is 12.6 Å². The Labute approximate surface area is 148 Å². The lowest BCUT2D eigenvalue weighted by Gasteiger charge is -2.14. The number of carbonyl (C=O) groups is 2. The van der Waals surface area contributed by atoms with Crippen LogP contribution in [0.1, 0.15) is 17.2 Å².